The van der Waals surface area contributed by atoms with Crippen molar-refractivity contribution in [2.45, 2.75) is 27.2 Å². The summed E-state index contributed by atoms with van der Waals surface area (Å²) >= 11 is 0. The third kappa shape index (κ3) is 2.43. The maximum Gasteiger partial charge on any atom is 0.127 e. The molecular formula is C8H13OY-. The van der Waals surface area contributed by atoms with Crippen LogP contribution in [0.3, 0.4) is 0 Å². The smallest absolute Gasteiger partial charge is 0.127 e. The summed E-state index contributed by atoms with van der Waals surface area (Å²) in [6.07, 6.45) is 2.96. The molecule has 0 bridgehead atoms. The minimum absolute atomic E-state index is 0. The molecule has 0 amide bonds. The van der Waals surface area contributed by atoms with E-state index in [1.54, 1.807) is 6.92 Å². The fourth-order valence-corrected chi connectivity index (χ4v) is 1.28. The first-order valence-electron chi connectivity index (χ1n) is 3.40. The number of Topliss-reactive ketones (excluding diaryl/α,β-unsaturated/α-hetero) is 1. The van der Waals surface area contributed by atoms with Gasteiger partial charge in [-0.25, -0.2) is 0 Å². The number of hydrogen-bond donors (Lipinski definition) is 0. The number of carbonyl (C=O) groups excluding carboxylic acids is 1. The summed E-state index contributed by atoms with van der Waals surface area (Å²) < 4.78 is 0. The summed E-state index contributed by atoms with van der Waals surface area (Å²) in [6, 6.07) is 0. The maximum atomic E-state index is 10.6. The molecule has 1 saturated carbocycles. The first-order valence-corrected chi connectivity index (χ1v) is 3.40. The largest absolute Gasteiger partial charge is 0.324 e. The average molecular weight is 214 g/mol. The van der Waals surface area contributed by atoms with Crippen LogP contribution in [0.25, 0.3) is 0 Å². The molecule has 1 aliphatic rings. The molecule has 2 atom stereocenters. The molecule has 0 aliphatic heterocycles. The van der Waals surface area contributed by atoms with Gasteiger partial charge in [0.2, 0.25) is 0 Å². The van der Waals surface area contributed by atoms with Gasteiger partial charge >= 0.3 is 0 Å². The van der Waals surface area contributed by atoms with E-state index in [1.807, 2.05) is 0 Å². The van der Waals surface area contributed by atoms with Crippen LogP contribution in [0.2, 0.25) is 0 Å². The molecule has 0 aromatic carbocycles. The van der Waals surface area contributed by atoms with Crippen LogP contribution in [-0.4, -0.2) is 5.78 Å². The summed E-state index contributed by atoms with van der Waals surface area (Å²) in [5, 5.41) is 0. The van der Waals surface area contributed by atoms with Gasteiger partial charge in [0, 0.05) is 32.7 Å². The van der Waals surface area contributed by atoms with Gasteiger partial charge < -0.3 is 11.2 Å². The summed E-state index contributed by atoms with van der Waals surface area (Å²) in [5.74, 6) is 0.958. The third-order valence-electron chi connectivity index (χ3n) is 2.19. The third-order valence-corrected chi connectivity index (χ3v) is 2.19. The summed E-state index contributed by atoms with van der Waals surface area (Å²) in [5.41, 5.74) is 0.256. The predicted molar refractivity (Wildman–Crippen MR) is 36.9 cm³/mol. The molecule has 0 aromatic rings. The number of hydrogen-bond acceptors (Lipinski definition) is 1. The van der Waals surface area contributed by atoms with E-state index >= 15 is 0 Å². The van der Waals surface area contributed by atoms with Gasteiger partial charge in [-0.1, -0.05) is 13.8 Å². The maximum absolute atomic E-state index is 10.6. The second-order valence-corrected chi connectivity index (χ2v) is 3.34. The van der Waals surface area contributed by atoms with Crippen molar-refractivity contribution in [2.75, 3.05) is 0 Å². The van der Waals surface area contributed by atoms with Gasteiger partial charge in [0.1, 0.15) is 5.78 Å². The zero-order valence-corrected chi connectivity index (χ0v) is 9.69. The average Bonchev–Trinajstić information content (AvgIpc) is 2.10. The second kappa shape index (κ2) is 3.45. The molecule has 1 nitrogen and oxygen atoms in total. The SMILES string of the molecule is CC(=O)C[C@@]1(C)[CH-][C@@H]1C.[Y]. The van der Waals surface area contributed by atoms with Crippen molar-refractivity contribution in [1.29, 1.82) is 0 Å². The zero-order valence-electron chi connectivity index (χ0n) is 6.85. The van der Waals surface area contributed by atoms with Crippen molar-refractivity contribution in [1.82, 2.24) is 0 Å². The Morgan fingerprint density at radius 3 is 2.20 bits per heavy atom. The van der Waals surface area contributed by atoms with Crippen LogP contribution >= 0.6 is 0 Å². The molecule has 1 radical (unpaired) electrons. The Bertz CT molecular complexity index is 144. The van der Waals surface area contributed by atoms with Crippen LogP contribution in [0, 0.1) is 17.8 Å². The van der Waals surface area contributed by atoms with Crippen molar-refractivity contribution in [3.8, 4) is 0 Å². The van der Waals surface area contributed by atoms with Crippen molar-refractivity contribution in [3.05, 3.63) is 6.42 Å². The molecule has 1 fully saturated rings. The first-order chi connectivity index (χ1) is 4.04. The summed E-state index contributed by atoms with van der Waals surface area (Å²) in [7, 11) is 0. The second-order valence-electron chi connectivity index (χ2n) is 3.34. The Kier molecular flexibility index (Phi) is 3.71. The van der Waals surface area contributed by atoms with E-state index in [0.717, 1.165) is 6.42 Å². The van der Waals surface area contributed by atoms with E-state index in [9.17, 15) is 4.79 Å². The van der Waals surface area contributed by atoms with Crippen molar-refractivity contribution >= 4 is 5.78 Å². The molecule has 55 valence electrons. The van der Waals surface area contributed by atoms with Crippen LogP contribution in [0.4, 0.5) is 0 Å². The fraction of sp³-hybridized carbons (Fsp3) is 0.750. The van der Waals surface area contributed by atoms with Gasteiger partial charge in [-0.05, 0) is 13.3 Å². The van der Waals surface area contributed by atoms with E-state index < -0.39 is 0 Å². The predicted octanol–water partition coefficient (Wildman–Crippen LogP) is 1.82. The molecule has 1 rings (SSSR count). The summed E-state index contributed by atoms with van der Waals surface area (Å²) in [6.45, 7) is 5.95. The Morgan fingerprint density at radius 1 is 1.70 bits per heavy atom. The molecule has 2 heteroatoms. The zero-order chi connectivity index (χ0) is 7.07. The van der Waals surface area contributed by atoms with Crippen molar-refractivity contribution in [2.24, 2.45) is 11.3 Å². The molecule has 0 heterocycles. The Labute approximate surface area is 87.8 Å². The van der Waals surface area contributed by atoms with Crippen molar-refractivity contribution < 1.29 is 37.5 Å². The molecule has 10 heavy (non-hydrogen) atoms. The van der Waals surface area contributed by atoms with Gasteiger partial charge in [-0.2, -0.15) is 11.3 Å². The summed E-state index contributed by atoms with van der Waals surface area (Å²) in [4.78, 5) is 10.6. The minimum atomic E-state index is 0. The standard InChI is InChI=1S/C8H13O.Y/c1-6-4-8(6,3)5-7(2)9;/h4,6H,5H2,1-3H3;/q-1;/t6-,8+;/m0./s1. The van der Waals surface area contributed by atoms with E-state index in [4.69, 9.17) is 0 Å². The first kappa shape index (κ1) is 10.8. The van der Waals surface area contributed by atoms with Gasteiger partial charge in [0.25, 0.3) is 0 Å². The van der Waals surface area contributed by atoms with Crippen LogP contribution < -0.4 is 0 Å². The molecule has 0 unspecified atom stereocenters. The number of carbonyl (C=O) groups is 1. The quantitative estimate of drug-likeness (QED) is 0.641. The number of ketones is 1. The normalized spacial score (nSPS) is 36.5. The Morgan fingerprint density at radius 2 is 2.10 bits per heavy atom. The molecule has 0 N–H and O–H groups in total. The Balaban J connectivity index is 0.000000810. The fourth-order valence-electron chi connectivity index (χ4n) is 1.28. The van der Waals surface area contributed by atoms with Gasteiger partial charge in [-0.3, -0.25) is 0 Å². The number of rotatable bonds is 2. The van der Waals surface area contributed by atoms with E-state index in [2.05, 4.69) is 20.3 Å². The van der Waals surface area contributed by atoms with E-state index in [1.165, 1.54) is 0 Å². The Hall–Kier alpha value is 0.774. The molecule has 0 aromatic heterocycles. The van der Waals surface area contributed by atoms with E-state index in [0.29, 0.717) is 11.7 Å². The minimum Gasteiger partial charge on any atom is -0.324 e. The van der Waals surface area contributed by atoms with Crippen LogP contribution in [0.5, 0.6) is 0 Å². The topological polar surface area (TPSA) is 17.1 Å². The van der Waals surface area contributed by atoms with Crippen LogP contribution in [0.1, 0.15) is 27.2 Å². The molecular weight excluding hydrogens is 201 g/mol. The van der Waals surface area contributed by atoms with Crippen LogP contribution in [0.15, 0.2) is 0 Å². The molecule has 0 saturated heterocycles. The van der Waals surface area contributed by atoms with Crippen LogP contribution in [-0.2, 0) is 37.5 Å². The van der Waals surface area contributed by atoms with Gasteiger partial charge in [0.05, 0.1) is 0 Å². The van der Waals surface area contributed by atoms with E-state index in [-0.39, 0.29) is 38.1 Å². The van der Waals surface area contributed by atoms with Gasteiger partial charge in [0.15, 0.2) is 0 Å². The molecule has 0 spiro atoms. The van der Waals surface area contributed by atoms with Crippen molar-refractivity contribution in [3.63, 3.8) is 0 Å². The molecule has 1 aliphatic carbocycles. The van der Waals surface area contributed by atoms with Gasteiger partial charge in [-0.15, -0.1) is 0 Å². The monoisotopic (exact) mass is 214 g/mol.